The number of rotatable bonds is 2. The van der Waals surface area contributed by atoms with Crippen molar-refractivity contribution in [3.8, 4) is 0 Å². The van der Waals surface area contributed by atoms with E-state index in [1.54, 1.807) is 11.3 Å². The highest BCUT2D eigenvalue weighted by atomic mass is 35.5. The molecule has 4 heteroatoms. The fourth-order valence-corrected chi connectivity index (χ4v) is 2.20. The van der Waals surface area contributed by atoms with Crippen LogP contribution >= 0.6 is 22.9 Å². The fourth-order valence-electron chi connectivity index (χ4n) is 0.952. The number of hydrogen-bond donors (Lipinski definition) is 0. The molecule has 0 saturated carbocycles. The molecule has 0 bridgehead atoms. The van der Waals surface area contributed by atoms with E-state index in [9.17, 15) is 0 Å². The zero-order valence-corrected chi connectivity index (χ0v) is 10.0. The lowest BCUT2D eigenvalue weighted by Crippen LogP contribution is -2.08. The van der Waals surface area contributed by atoms with E-state index >= 15 is 0 Å². The lowest BCUT2D eigenvalue weighted by molar-refractivity contribution is 0.409. The molecule has 13 heavy (non-hydrogen) atoms. The van der Waals surface area contributed by atoms with Gasteiger partial charge in [0.1, 0.15) is 10.0 Å². The maximum absolute atomic E-state index is 5.90. The first-order chi connectivity index (χ1) is 5.88. The molecule has 1 aromatic heterocycles. The van der Waals surface area contributed by atoms with Gasteiger partial charge in [-0.25, -0.2) is 0 Å². The van der Waals surface area contributed by atoms with E-state index in [0.29, 0.717) is 0 Å². The van der Waals surface area contributed by atoms with Gasteiger partial charge in [-0.3, -0.25) is 0 Å². The number of halogens is 1. The molecule has 0 aliphatic heterocycles. The Kier molecular flexibility index (Phi) is 3.30. The smallest absolute Gasteiger partial charge is 0.135 e. The standard InChI is InChI=1S/C9H15ClN2S/c1-6(10)8-12-11-7(13-8)5-9(2,3)4/h6H,5H2,1-4H3. The molecule has 0 amide bonds. The second-order valence-corrected chi connectivity index (χ2v) is 6.14. The van der Waals surface area contributed by atoms with E-state index in [2.05, 4.69) is 31.0 Å². The number of nitrogens with zero attached hydrogens (tertiary/aromatic N) is 2. The first-order valence-electron chi connectivity index (χ1n) is 4.35. The zero-order chi connectivity index (χ0) is 10.1. The highest BCUT2D eigenvalue weighted by Crippen LogP contribution is 2.27. The van der Waals surface area contributed by atoms with E-state index in [0.717, 1.165) is 16.4 Å². The van der Waals surface area contributed by atoms with Crippen molar-refractivity contribution in [2.45, 2.75) is 39.5 Å². The molecular formula is C9H15ClN2S. The molecule has 1 unspecified atom stereocenters. The molecular weight excluding hydrogens is 204 g/mol. The van der Waals surface area contributed by atoms with Gasteiger partial charge in [-0.2, -0.15) is 0 Å². The molecule has 0 spiro atoms. The summed E-state index contributed by atoms with van der Waals surface area (Å²) < 4.78 is 0. The second kappa shape index (κ2) is 3.93. The zero-order valence-electron chi connectivity index (χ0n) is 8.47. The molecule has 0 aromatic carbocycles. The molecule has 0 N–H and O–H groups in total. The van der Waals surface area contributed by atoms with Gasteiger partial charge in [0.15, 0.2) is 0 Å². The summed E-state index contributed by atoms with van der Waals surface area (Å²) in [5.74, 6) is 0. The third-order valence-electron chi connectivity index (χ3n) is 1.50. The Bertz CT molecular complexity index is 275. The summed E-state index contributed by atoms with van der Waals surface area (Å²) in [4.78, 5) is 0. The van der Waals surface area contributed by atoms with Crippen LogP contribution in [0.15, 0.2) is 0 Å². The molecule has 0 saturated heterocycles. The van der Waals surface area contributed by atoms with E-state index in [1.807, 2.05) is 6.92 Å². The fraction of sp³-hybridized carbons (Fsp3) is 0.778. The van der Waals surface area contributed by atoms with Crippen molar-refractivity contribution in [2.75, 3.05) is 0 Å². The molecule has 0 aliphatic rings. The van der Waals surface area contributed by atoms with Gasteiger partial charge in [-0.05, 0) is 12.3 Å². The van der Waals surface area contributed by atoms with Crippen LogP contribution in [-0.4, -0.2) is 10.2 Å². The predicted molar refractivity (Wildman–Crippen MR) is 57.3 cm³/mol. The summed E-state index contributed by atoms with van der Waals surface area (Å²) >= 11 is 7.51. The van der Waals surface area contributed by atoms with Crippen molar-refractivity contribution in [3.05, 3.63) is 10.0 Å². The molecule has 74 valence electrons. The van der Waals surface area contributed by atoms with Crippen LogP contribution in [0.3, 0.4) is 0 Å². The van der Waals surface area contributed by atoms with Gasteiger partial charge >= 0.3 is 0 Å². The van der Waals surface area contributed by atoms with Crippen LogP contribution in [0.25, 0.3) is 0 Å². The quantitative estimate of drug-likeness (QED) is 0.711. The van der Waals surface area contributed by atoms with E-state index in [1.165, 1.54) is 0 Å². The predicted octanol–water partition coefficient (Wildman–Crippen LogP) is 3.43. The van der Waals surface area contributed by atoms with Gasteiger partial charge in [-0.15, -0.1) is 21.8 Å². The van der Waals surface area contributed by atoms with E-state index in [4.69, 9.17) is 11.6 Å². The van der Waals surface area contributed by atoms with Crippen molar-refractivity contribution in [2.24, 2.45) is 5.41 Å². The van der Waals surface area contributed by atoms with Gasteiger partial charge in [0.25, 0.3) is 0 Å². The Balaban J connectivity index is 2.70. The van der Waals surface area contributed by atoms with E-state index < -0.39 is 0 Å². The summed E-state index contributed by atoms with van der Waals surface area (Å²) in [7, 11) is 0. The molecule has 2 nitrogen and oxygen atoms in total. The SMILES string of the molecule is CC(Cl)c1nnc(CC(C)(C)C)s1. The van der Waals surface area contributed by atoms with Gasteiger partial charge in [0, 0.05) is 6.42 Å². The maximum atomic E-state index is 5.90. The average Bonchev–Trinajstić information content (AvgIpc) is 2.31. The van der Waals surface area contributed by atoms with Crippen molar-refractivity contribution < 1.29 is 0 Å². The third kappa shape index (κ3) is 3.61. The van der Waals surface area contributed by atoms with Crippen molar-refractivity contribution in [3.63, 3.8) is 0 Å². The first-order valence-corrected chi connectivity index (χ1v) is 5.60. The number of hydrogen-bond acceptors (Lipinski definition) is 3. The molecule has 0 aliphatic carbocycles. The second-order valence-electron chi connectivity index (χ2n) is 4.39. The van der Waals surface area contributed by atoms with Crippen LogP contribution in [0, 0.1) is 5.41 Å². The van der Waals surface area contributed by atoms with Crippen LogP contribution in [-0.2, 0) is 6.42 Å². The summed E-state index contributed by atoms with van der Waals surface area (Å²) in [5.41, 5.74) is 0.270. The molecule has 1 heterocycles. The topological polar surface area (TPSA) is 25.8 Å². The first kappa shape index (κ1) is 10.9. The van der Waals surface area contributed by atoms with Crippen molar-refractivity contribution in [1.82, 2.24) is 10.2 Å². The molecule has 0 fully saturated rings. The van der Waals surface area contributed by atoms with Gasteiger partial charge < -0.3 is 0 Å². The number of aromatic nitrogens is 2. The largest absolute Gasteiger partial charge is 0.143 e. The minimum absolute atomic E-state index is 0.0220. The molecule has 1 rings (SSSR count). The lowest BCUT2D eigenvalue weighted by Gasteiger charge is -2.14. The van der Waals surface area contributed by atoms with Crippen LogP contribution in [0.2, 0.25) is 0 Å². The summed E-state index contributed by atoms with van der Waals surface area (Å²) in [6, 6.07) is 0. The van der Waals surface area contributed by atoms with Crippen LogP contribution in [0.4, 0.5) is 0 Å². The highest BCUT2D eigenvalue weighted by molar-refractivity contribution is 7.11. The highest BCUT2D eigenvalue weighted by Gasteiger charge is 2.16. The number of alkyl halides is 1. The Morgan fingerprint density at radius 1 is 1.38 bits per heavy atom. The van der Waals surface area contributed by atoms with Gasteiger partial charge in [-0.1, -0.05) is 32.1 Å². The van der Waals surface area contributed by atoms with Crippen molar-refractivity contribution >= 4 is 22.9 Å². The lowest BCUT2D eigenvalue weighted by atomic mass is 9.93. The monoisotopic (exact) mass is 218 g/mol. The summed E-state index contributed by atoms with van der Waals surface area (Å²) in [6.07, 6.45) is 0.967. The average molecular weight is 219 g/mol. The van der Waals surface area contributed by atoms with E-state index in [-0.39, 0.29) is 10.8 Å². The normalized spacial score (nSPS) is 14.5. The van der Waals surface area contributed by atoms with Crippen LogP contribution in [0.1, 0.15) is 43.1 Å². The Morgan fingerprint density at radius 2 is 2.00 bits per heavy atom. The molecule has 0 radical (unpaired) electrons. The van der Waals surface area contributed by atoms with Crippen LogP contribution < -0.4 is 0 Å². The van der Waals surface area contributed by atoms with Gasteiger partial charge in [0.2, 0.25) is 0 Å². The Morgan fingerprint density at radius 3 is 2.38 bits per heavy atom. The van der Waals surface area contributed by atoms with Crippen molar-refractivity contribution in [1.29, 1.82) is 0 Å². The summed E-state index contributed by atoms with van der Waals surface area (Å²) in [5, 5.41) is 10.1. The Labute approximate surface area is 88.3 Å². The minimum atomic E-state index is -0.0220. The minimum Gasteiger partial charge on any atom is -0.143 e. The Hall–Kier alpha value is -0.150. The molecule has 1 atom stereocenters. The van der Waals surface area contributed by atoms with Crippen LogP contribution in [0.5, 0.6) is 0 Å². The van der Waals surface area contributed by atoms with Gasteiger partial charge in [0.05, 0.1) is 5.38 Å². The summed E-state index contributed by atoms with van der Waals surface area (Å²) in [6.45, 7) is 8.50. The maximum Gasteiger partial charge on any atom is 0.135 e. The third-order valence-corrected chi connectivity index (χ3v) is 2.95. The molecule has 1 aromatic rings.